The van der Waals surface area contributed by atoms with E-state index in [1.54, 1.807) is 0 Å². The quantitative estimate of drug-likeness (QED) is 0.413. The molecule has 0 fully saturated rings. The van der Waals surface area contributed by atoms with E-state index >= 15 is 0 Å². The molecule has 0 heterocycles. The van der Waals surface area contributed by atoms with Crippen LogP contribution in [0, 0.1) is 5.92 Å². The monoisotopic (exact) mass is 342 g/mol. The maximum atomic E-state index is 12.6. The number of benzene rings is 1. The topological polar surface area (TPSA) is 52.6 Å². The molecule has 0 bridgehead atoms. The Labute approximate surface area is 137 Å². The molecule has 4 nitrogen and oxygen atoms in total. The summed E-state index contributed by atoms with van der Waals surface area (Å²) in [6, 6.07) is 4.18. The van der Waals surface area contributed by atoms with Gasteiger partial charge in [0.1, 0.15) is 13.2 Å². The van der Waals surface area contributed by atoms with Crippen LogP contribution in [0.25, 0.3) is 0 Å². The van der Waals surface area contributed by atoms with Gasteiger partial charge in [-0.15, -0.1) is 0 Å². The van der Waals surface area contributed by atoms with Crippen LogP contribution in [-0.4, -0.2) is 25.2 Å². The lowest BCUT2D eigenvalue weighted by molar-refractivity contribution is -0.160. The number of esters is 2. The van der Waals surface area contributed by atoms with Gasteiger partial charge in [-0.05, 0) is 24.1 Å². The zero-order chi connectivity index (χ0) is 18.2. The third-order valence-corrected chi connectivity index (χ3v) is 2.98. The summed E-state index contributed by atoms with van der Waals surface area (Å²) >= 11 is 0. The van der Waals surface area contributed by atoms with Crippen LogP contribution in [0.15, 0.2) is 49.6 Å². The molecule has 1 rings (SSSR count). The minimum Gasteiger partial charge on any atom is -0.461 e. The smallest absolute Gasteiger partial charge is 0.416 e. The molecular formula is C17H17F3O4. The van der Waals surface area contributed by atoms with Gasteiger partial charge < -0.3 is 9.47 Å². The fourth-order valence-corrected chi connectivity index (χ4v) is 1.81. The summed E-state index contributed by atoms with van der Waals surface area (Å²) in [5, 5.41) is 0. The van der Waals surface area contributed by atoms with Crippen molar-refractivity contribution in [2.24, 2.45) is 5.92 Å². The lowest BCUT2D eigenvalue weighted by Crippen LogP contribution is -2.30. The van der Waals surface area contributed by atoms with Crippen LogP contribution < -0.4 is 0 Å². The van der Waals surface area contributed by atoms with E-state index in [9.17, 15) is 22.8 Å². The molecule has 0 saturated carbocycles. The van der Waals surface area contributed by atoms with Gasteiger partial charge in [-0.3, -0.25) is 9.59 Å². The zero-order valence-electron chi connectivity index (χ0n) is 12.8. The molecule has 0 aliphatic heterocycles. The van der Waals surface area contributed by atoms with Crippen molar-refractivity contribution in [1.82, 2.24) is 0 Å². The van der Waals surface area contributed by atoms with Gasteiger partial charge in [0.05, 0.1) is 5.56 Å². The summed E-state index contributed by atoms with van der Waals surface area (Å²) in [6.45, 7) is 6.61. The largest absolute Gasteiger partial charge is 0.461 e. The van der Waals surface area contributed by atoms with Crippen LogP contribution in [0.3, 0.4) is 0 Å². The van der Waals surface area contributed by atoms with Gasteiger partial charge in [0.2, 0.25) is 0 Å². The highest BCUT2D eigenvalue weighted by atomic mass is 19.4. The van der Waals surface area contributed by atoms with Gasteiger partial charge in [-0.25, -0.2) is 0 Å². The van der Waals surface area contributed by atoms with E-state index in [-0.39, 0.29) is 19.6 Å². The second-order valence-electron chi connectivity index (χ2n) is 4.79. The van der Waals surface area contributed by atoms with Crippen molar-refractivity contribution in [3.05, 3.63) is 60.7 Å². The third-order valence-electron chi connectivity index (χ3n) is 2.98. The number of alkyl halides is 3. The Kier molecular flexibility index (Phi) is 7.23. The summed E-state index contributed by atoms with van der Waals surface area (Å²) in [7, 11) is 0. The van der Waals surface area contributed by atoms with Gasteiger partial charge >= 0.3 is 18.1 Å². The maximum Gasteiger partial charge on any atom is 0.416 e. The van der Waals surface area contributed by atoms with Crippen molar-refractivity contribution in [3.8, 4) is 0 Å². The summed E-state index contributed by atoms with van der Waals surface area (Å²) in [6.07, 6.45) is -1.92. The molecule has 7 heteroatoms. The second-order valence-corrected chi connectivity index (χ2v) is 4.79. The average Bonchev–Trinajstić information content (AvgIpc) is 2.55. The lowest BCUT2D eigenvalue weighted by Gasteiger charge is -2.15. The first-order valence-corrected chi connectivity index (χ1v) is 7.00. The fourth-order valence-electron chi connectivity index (χ4n) is 1.81. The normalized spacial score (nSPS) is 11.0. The van der Waals surface area contributed by atoms with E-state index in [1.165, 1.54) is 24.3 Å². The Balaban J connectivity index is 2.90. The maximum absolute atomic E-state index is 12.6. The van der Waals surface area contributed by atoms with Crippen LogP contribution >= 0.6 is 0 Å². The molecule has 0 N–H and O–H groups in total. The van der Waals surface area contributed by atoms with Crippen LogP contribution in [0.5, 0.6) is 0 Å². The molecular weight excluding hydrogens is 325 g/mol. The molecule has 1 aromatic carbocycles. The van der Waals surface area contributed by atoms with Crippen molar-refractivity contribution in [3.63, 3.8) is 0 Å². The molecule has 0 atom stereocenters. The number of hydrogen-bond acceptors (Lipinski definition) is 4. The molecule has 24 heavy (non-hydrogen) atoms. The number of carbonyl (C=O) groups is 2. The standard InChI is InChI=1S/C17H17F3O4/c1-3-9-23-15(21)14(16(22)24-10-4-2)11-12-5-7-13(8-6-12)17(18,19)20/h3-8,14H,1-2,9-11H2. The van der Waals surface area contributed by atoms with Gasteiger partial charge in [0, 0.05) is 0 Å². The minimum atomic E-state index is -4.45. The van der Waals surface area contributed by atoms with E-state index in [0.29, 0.717) is 5.56 Å². The SMILES string of the molecule is C=CCOC(=O)C(Cc1ccc(C(F)(F)F)cc1)C(=O)OCC=C. The summed E-state index contributed by atoms with van der Waals surface area (Å²) in [5.74, 6) is -2.94. The van der Waals surface area contributed by atoms with Crippen LogP contribution in [0.1, 0.15) is 11.1 Å². The second kappa shape index (κ2) is 8.90. The third kappa shape index (κ3) is 5.91. The molecule has 0 unspecified atom stereocenters. The van der Waals surface area contributed by atoms with Crippen LogP contribution in [0.2, 0.25) is 0 Å². The van der Waals surface area contributed by atoms with E-state index in [0.717, 1.165) is 12.1 Å². The van der Waals surface area contributed by atoms with Crippen molar-refractivity contribution in [2.75, 3.05) is 13.2 Å². The molecule has 0 amide bonds. The Hall–Kier alpha value is -2.57. The number of halogens is 3. The molecule has 130 valence electrons. The average molecular weight is 342 g/mol. The van der Waals surface area contributed by atoms with Gasteiger partial charge in [-0.2, -0.15) is 13.2 Å². The first-order valence-electron chi connectivity index (χ1n) is 7.00. The molecule has 0 aliphatic carbocycles. The Morgan fingerprint density at radius 2 is 1.46 bits per heavy atom. The van der Waals surface area contributed by atoms with Crippen molar-refractivity contribution >= 4 is 11.9 Å². The van der Waals surface area contributed by atoms with Crippen LogP contribution in [-0.2, 0) is 31.7 Å². The van der Waals surface area contributed by atoms with Gasteiger partial charge in [0.15, 0.2) is 5.92 Å². The van der Waals surface area contributed by atoms with Crippen molar-refractivity contribution in [2.45, 2.75) is 12.6 Å². The Bertz CT molecular complexity index is 567. The lowest BCUT2D eigenvalue weighted by atomic mass is 9.98. The fraction of sp³-hybridized carbons (Fsp3) is 0.294. The Morgan fingerprint density at radius 1 is 1.00 bits per heavy atom. The first-order chi connectivity index (χ1) is 11.3. The highest BCUT2D eigenvalue weighted by Crippen LogP contribution is 2.29. The van der Waals surface area contributed by atoms with E-state index < -0.39 is 29.6 Å². The van der Waals surface area contributed by atoms with E-state index in [2.05, 4.69) is 13.2 Å². The van der Waals surface area contributed by atoms with E-state index in [4.69, 9.17) is 9.47 Å². The molecule has 0 aromatic heterocycles. The zero-order valence-corrected chi connectivity index (χ0v) is 12.8. The van der Waals surface area contributed by atoms with E-state index in [1.807, 2.05) is 0 Å². The number of rotatable bonds is 8. The first kappa shape index (κ1) is 19.5. The molecule has 0 spiro atoms. The highest BCUT2D eigenvalue weighted by Gasteiger charge is 2.32. The van der Waals surface area contributed by atoms with Crippen LogP contribution in [0.4, 0.5) is 13.2 Å². The molecule has 1 aromatic rings. The number of hydrogen-bond donors (Lipinski definition) is 0. The number of carbonyl (C=O) groups excluding carboxylic acids is 2. The Morgan fingerprint density at radius 3 is 1.83 bits per heavy atom. The van der Waals surface area contributed by atoms with Gasteiger partial charge in [-0.1, -0.05) is 37.4 Å². The summed E-state index contributed by atoms with van der Waals surface area (Å²) < 4.78 is 47.3. The highest BCUT2D eigenvalue weighted by molar-refractivity contribution is 5.95. The summed E-state index contributed by atoms with van der Waals surface area (Å²) in [4.78, 5) is 23.9. The minimum absolute atomic E-state index is 0.0862. The molecule has 0 radical (unpaired) electrons. The predicted molar refractivity (Wildman–Crippen MR) is 81.0 cm³/mol. The summed E-state index contributed by atoms with van der Waals surface area (Å²) in [5.41, 5.74) is -0.439. The predicted octanol–water partition coefficient (Wildman–Crippen LogP) is 3.32. The molecule has 0 aliphatic rings. The molecule has 0 saturated heterocycles. The number of ether oxygens (including phenoxy) is 2. The van der Waals surface area contributed by atoms with Crippen molar-refractivity contribution < 1.29 is 32.2 Å². The van der Waals surface area contributed by atoms with Gasteiger partial charge in [0.25, 0.3) is 0 Å². The van der Waals surface area contributed by atoms with Crippen molar-refractivity contribution in [1.29, 1.82) is 0 Å².